The Morgan fingerprint density at radius 1 is 1.00 bits per heavy atom. The number of thioether (sulfide) groups is 1. The molecule has 0 amide bonds. The van der Waals surface area contributed by atoms with Gasteiger partial charge in [0, 0.05) is 11.0 Å². The highest BCUT2D eigenvalue weighted by Gasteiger charge is 2.14. The fourth-order valence-electron chi connectivity index (χ4n) is 1.92. The lowest BCUT2D eigenvalue weighted by molar-refractivity contribution is 0.566. The maximum absolute atomic E-state index is 13.2. The molecule has 2 aromatic rings. The molecule has 1 unspecified atom stereocenters. The van der Waals surface area contributed by atoms with Crippen LogP contribution in [0.3, 0.4) is 0 Å². The van der Waals surface area contributed by atoms with E-state index in [1.54, 1.807) is 11.8 Å². The Labute approximate surface area is 115 Å². The van der Waals surface area contributed by atoms with Crippen molar-refractivity contribution in [2.75, 3.05) is 6.26 Å². The van der Waals surface area contributed by atoms with Crippen LogP contribution >= 0.6 is 11.8 Å². The van der Waals surface area contributed by atoms with E-state index >= 15 is 0 Å². The molecular formula is C14H14F2N2S. The molecule has 0 radical (unpaired) electrons. The second-order valence-corrected chi connectivity index (χ2v) is 4.96. The molecule has 0 fully saturated rings. The van der Waals surface area contributed by atoms with Gasteiger partial charge in [-0.15, -0.1) is 11.8 Å². The molecule has 2 aromatic carbocycles. The average Bonchev–Trinajstić information content (AvgIpc) is 2.39. The van der Waals surface area contributed by atoms with E-state index in [2.05, 4.69) is 5.43 Å². The first kappa shape index (κ1) is 14.0. The molecule has 2 nitrogen and oxygen atoms in total. The summed E-state index contributed by atoms with van der Waals surface area (Å²) in [6, 6.07) is 10.6. The van der Waals surface area contributed by atoms with Gasteiger partial charge in [-0.3, -0.25) is 5.84 Å². The molecule has 2 rings (SSSR count). The molecule has 1 atom stereocenters. The van der Waals surface area contributed by atoms with Crippen LogP contribution in [0.1, 0.15) is 17.2 Å². The lowest BCUT2D eigenvalue weighted by Gasteiger charge is -2.17. The van der Waals surface area contributed by atoms with Gasteiger partial charge in [0.05, 0.1) is 6.04 Å². The van der Waals surface area contributed by atoms with Crippen molar-refractivity contribution in [1.29, 1.82) is 0 Å². The Morgan fingerprint density at radius 3 is 2.05 bits per heavy atom. The molecule has 0 aliphatic carbocycles. The van der Waals surface area contributed by atoms with Crippen molar-refractivity contribution in [3.8, 4) is 0 Å². The highest BCUT2D eigenvalue weighted by molar-refractivity contribution is 7.98. The molecule has 0 spiro atoms. The normalized spacial score (nSPS) is 12.4. The summed E-state index contributed by atoms with van der Waals surface area (Å²) in [6.45, 7) is 0. The van der Waals surface area contributed by atoms with Crippen molar-refractivity contribution < 1.29 is 8.78 Å². The van der Waals surface area contributed by atoms with E-state index in [1.807, 2.05) is 30.5 Å². The highest BCUT2D eigenvalue weighted by atomic mass is 32.2. The third kappa shape index (κ3) is 3.32. The second kappa shape index (κ2) is 6.14. The topological polar surface area (TPSA) is 38.0 Å². The molecule has 19 heavy (non-hydrogen) atoms. The maximum atomic E-state index is 13.2. The largest absolute Gasteiger partial charge is 0.271 e. The Morgan fingerprint density at radius 2 is 1.58 bits per heavy atom. The van der Waals surface area contributed by atoms with Crippen LogP contribution < -0.4 is 11.3 Å². The third-order valence-corrected chi connectivity index (χ3v) is 3.58. The van der Waals surface area contributed by atoms with Gasteiger partial charge >= 0.3 is 0 Å². The Kier molecular flexibility index (Phi) is 4.52. The van der Waals surface area contributed by atoms with Crippen LogP contribution in [0.15, 0.2) is 47.4 Å². The summed E-state index contributed by atoms with van der Waals surface area (Å²) >= 11 is 1.63. The zero-order chi connectivity index (χ0) is 13.8. The lowest BCUT2D eigenvalue weighted by atomic mass is 9.99. The van der Waals surface area contributed by atoms with Crippen LogP contribution in [0.4, 0.5) is 8.78 Å². The molecule has 5 heteroatoms. The van der Waals surface area contributed by atoms with E-state index in [4.69, 9.17) is 5.84 Å². The van der Waals surface area contributed by atoms with E-state index in [9.17, 15) is 8.78 Å². The van der Waals surface area contributed by atoms with Gasteiger partial charge in [-0.25, -0.2) is 14.2 Å². The Balaban J connectivity index is 2.37. The van der Waals surface area contributed by atoms with Crippen LogP contribution in [0.2, 0.25) is 0 Å². The second-order valence-electron chi connectivity index (χ2n) is 4.08. The first-order valence-electron chi connectivity index (χ1n) is 5.70. The van der Waals surface area contributed by atoms with Crippen LogP contribution in [0.5, 0.6) is 0 Å². The fourth-order valence-corrected chi connectivity index (χ4v) is 2.33. The minimum atomic E-state index is -0.615. The molecule has 0 saturated heterocycles. The number of hydrazine groups is 1. The van der Waals surface area contributed by atoms with Gasteiger partial charge < -0.3 is 0 Å². The number of nitrogens with two attached hydrogens (primary N) is 1. The number of nitrogens with one attached hydrogen (secondary N) is 1. The first-order valence-corrected chi connectivity index (χ1v) is 6.92. The van der Waals surface area contributed by atoms with Gasteiger partial charge in [0.2, 0.25) is 0 Å². The monoisotopic (exact) mass is 280 g/mol. The van der Waals surface area contributed by atoms with Crippen LogP contribution in [0, 0.1) is 11.6 Å². The van der Waals surface area contributed by atoms with E-state index in [1.165, 1.54) is 12.1 Å². The van der Waals surface area contributed by atoms with Gasteiger partial charge in [-0.05, 0) is 41.6 Å². The number of halogens is 2. The quantitative estimate of drug-likeness (QED) is 0.513. The molecule has 3 N–H and O–H groups in total. The summed E-state index contributed by atoms with van der Waals surface area (Å²) in [7, 11) is 0. The van der Waals surface area contributed by atoms with Crippen molar-refractivity contribution in [1.82, 2.24) is 5.43 Å². The highest BCUT2D eigenvalue weighted by Crippen LogP contribution is 2.25. The molecule has 0 heterocycles. The van der Waals surface area contributed by atoms with Gasteiger partial charge in [-0.1, -0.05) is 12.1 Å². The summed E-state index contributed by atoms with van der Waals surface area (Å²) < 4.78 is 26.5. The van der Waals surface area contributed by atoms with Gasteiger partial charge in [-0.2, -0.15) is 0 Å². The minimum absolute atomic E-state index is 0.443. The summed E-state index contributed by atoms with van der Waals surface area (Å²) in [5.41, 5.74) is 3.89. The van der Waals surface area contributed by atoms with Crippen molar-refractivity contribution in [3.63, 3.8) is 0 Å². The Bertz CT molecular complexity index is 538. The lowest BCUT2D eigenvalue weighted by Crippen LogP contribution is -2.29. The molecule has 0 aliphatic rings. The molecule has 0 saturated carbocycles. The average molecular weight is 280 g/mol. The van der Waals surface area contributed by atoms with Crippen molar-refractivity contribution >= 4 is 11.8 Å². The van der Waals surface area contributed by atoms with Gasteiger partial charge in [0.15, 0.2) is 0 Å². The summed E-state index contributed by atoms with van der Waals surface area (Å²) in [6.07, 6.45) is 1.98. The predicted octanol–water partition coefficient (Wildman–Crippen LogP) is 3.24. The SMILES string of the molecule is CSc1ccc(C(NN)c2cc(F)cc(F)c2)cc1. The van der Waals surface area contributed by atoms with E-state index in [0.717, 1.165) is 16.5 Å². The number of hydrogen-bond acceptors (Lipinski definition) is 3. The zero-order valence-corrected chi connectivity index (χ0v) is 11.2. The standard InChI is InChI=1S/C14H14F2N2S/c1-19-13-4-2-9(3-5-13)14(18-17)10-6-11(15)8-12(16)7-10/h2-8,14,18H,17H2,1H3. The molecule has 0 aliphatic heterocycles. The van der Waals surface area contributed by atoms with Crippen LogP contribution in [-0.2, 0) is 0 Å². The smallest absolute Gasteiger partial charge is 0.126 e. The van der Waals surface area contributed by atoms with Crippen molar-refractivity contribution in [2.24, 2.45) is 5.84 Å². The first-order chi connectivity index (χ1) is 9.13. The van der Waals surface area contributed by atoms with Crippen LogP contribution in [0.25, 0.3) is 0 Å². The fraction of sp³-hybridized carbons (Fsp3) is 0.143. The molecule has 100 valence electrons. The predicted molar refractivity (Wildman–Crippen MR) is 73.7 cm³/mol. The Hall–Kier alpha value is -1.43. The van der Waals surface area contributed by atoms with E-state index in [0.29, 0.717) is 5.56 Å². The zero-order valence-electron chi connectivity index (χ0n) is 10.4. The van der Waals surface area contributed by atoms with E-state index in [-0.39, 0.29) is 0 Å². The maximum Gasteiger partial charge on any atom is 0.126 e. The van der Waals surface area contributed by atoms with Gasteiger partial charge in [0.1, 0.15) is 11.6 Å². The molecular weight excluding hydrogens is 266 g/mol. The third-order valence-electron chi connectivity index (χ3n) is 2.83. The van der Waals surface area contributed by atoms with Crippen LogP contribution in [-0.4, -0.2) is 6.26 Å². The van der Waals surface area contributed by atoms with Gasteiger partial charge in [0.25, 0.3) is 0 Å². The summed E-state index contributed by atoms with van der Waals surface area (Å²) in [5, 5.41) is 0. The van der Waals surface area contributed by atoms with Crippen molar-refractivity contribution in [3.05, 3.63) is 65.2 Å². The van der Waals surface area contributed by atoms with Crippen molar-refractivity contribution in [2.45, 2.75) is 10.9 Å². The number of hydrogen-bond donors (Lipinski definition) is 2. The molecule has 0 aromatic heterocycles. The summed E-state index contributed by atoms with van der Waals surface area (Å²) in [4.78, 5) is 1.12. The minimum Gasteiger partial charge on any atom is -0.271 e. The van der Waals surface area contributed by atoms with E-state index < -0.39 is 17.7 Å². The number of rotatable bonds is 4. The number of benzene rings is 2. The molecule has 0 bridgehead atoms. The summed E-state index contributed by atoms with van der Waals surface area (Å²) in [5.74, 6) is 4.28.